The van der Waals surface area contributed by atoms with Gasteiger partial charge in [-0.1, -0.05) is 64.5 Å². The molecule has 5 rings (SSSR count). The summed E-state index contributed by atoms with van der Waals surface area (Å²) in [6, 6.07) is 9.42. The number of benzene rings is 1. The number of hydrogen-bond donors (Lipinski definition) is 1. The van der Waals surface area contributed by atoms with Crippen LogP contribution in [0.15, 0.2) is 42.0 Å². The highest BCUT2D eigenvalue weighted by Crippen LogP contribution is 2.69. The van der Waals surface area contributed by atoms with Crippen molar-refractivity contribution in [3.8, 4) is 0 Å². The molecule has 0 unspecified atom stereocenters. The molecule has 0 spiro atoms. The molecule has 0 bridgehead atoms. The molecule has 0 saturated heterocycles. The Morgan fingerprint density at radius 3 is 2.47 bits per heavy atom. The van der Waals surface area contributed by atoms with Gasteiger partial charge in [0, 0.05) is 12.0 Å². The van der Waals surface area contributed by atoms with Gasteiger partial charge in [-0.15, -0.1) is 0 Å². The summed E-state index contributed by atoms with van der Waals surface area (Å²) >= 11 is 0. The number of carbonyl (C=O) groups excluding carboxylic acids is 1. The summed E-state index contributed by atoms with van der Waals surface area (Å²) in [6.07, 6.45) is 10.9. The van der Waals surface area contributed by atoms with E-state index in [-0.39, 0.29) is 22.9 Å². The monoisotopic (exact) mass is 464 g/mol. The molecular weight excluding hydrogens is 420 g/mol. The Balaban J connectivity index is 1.39. The van der Waals surface area contributed by atoms with Crippen LogP contribution < -0.4 is 0 Å². The van der Waals surface area contributed by atoms with Crippen LogP contribution in [0.2, 0.25) is 0 Å². The van der Waals surface area contributed by atoms with Crippen LogP contribution in [0.4, 0.5) is 0 Å². The molecule has 4 aliphatic carbocycles. The van der Waals surface area contributed by atoms with Crippen LogP contribution in [0.5, 0.6) is 0 Å². The van der Waals surface area contributed by atoms with Crippen LogP contribution in [0.1, 0.15) is 89.9 Å². The van der Waals surface area contributed by atoms with Crippen molar-refractivity contribution in [1.82, 2.24) is 0 Å². The van der Waals surface area contributed by atoms with Gasteiger partial charge in [0.25, 0.3) is 0 Å². The lowest BCUT2D eigenvalue weighted by Gasteiger charge is -2.61. The maximum atomic E-state index is 12.9. The predicted molar refractivity (Wildman–Crippen MR) is 136 cm³/mol. The van der Waals surface area contributed by atoms with E-state index in [1.807, 2.05) is 30.3 Å². The second-order valence-corrected chi connectivity index (χ2v) is 13.1. The Kier molecular flexibility index (Phi) is 6.03. The number of fused-ring (bicyclic) bond motifs is 5. The van der Waals surface area contributed by atoms with E-state index in [0.717, 1.165) is 30.6 Å². The van der Waals surface area contributed by atoms with E-state index in [0.29, 0.717) is 29.4 Å². The van der Waals surface area contributed by atoms with E-state index in [9.17, 15) is 9.90 Å². The summed E-state index contributed by atoms with van der Waals surface area (Å²) in [4.78, 5) is 12.9. The molecule has 4 aliphatic rings. The first-order valence-electron chi connectivity index (χ1n) is 13.7. The molecule has 0 amide bonds. The van der Waals surface area contributed by atoms with Gasteiger partial charge in [-0.2, -0.15) is 0 Å². The Morgan fingerprint density at radius 1 is 1.03 bits per heavy atom. The minimum absolute atomic E-state index is 0.0776. The SMILES string of the molecule is C[C@H](CO)[C@H]1CC[C@H]2[C@@H]3CC=C4C(C)(C)[C@@H](OC(=O)c5ccccc5)CC[C@]4(C)[C@H]3CC[C@]12C. The van der Waals surface area contributed by atoms with Crippen molar-refractivity contribution in [2.24, 2.45) is 45.8 Å². The fourth-order valence-electron chi connectivity index (χ4n) is 9.46. The summed E-state index contributed by atoms with van der Waals surface area (Å²) < 4.78 is 6.16. The molecular formula is C31H44O3. The number of aliphatic hydroxyl groups is 1. The van der Waals surface area contributed by atoms with E-state index in [2.05, 4.69) is 40.7 Å². The first-order chi connectivity index (χ1) is 16.1. The molecule has 3 saturated carbocycles. The van der Waals surface area contributed by atoms with Crippen LogP contribution in [-0.4, -0.2) is 23.8 Å². The van der Waals surface area contributed by atoms with E-state index in [1.54, 1.807) is 5.57 Å². The average Bonchev–Trinajstić information content (AvgIpc) is 3.18. The van der Waals surface area contributed by atoms with Gasteiger partial charge in [-0.3, -0.25) is 0 Å². The zero-order valence-electron chi connectivity index (χ0n) is 21.8. The highest BCUT2D eigenvalue weighted by molar-refractivity contribution is 5.89. The smallest absolute Gasteiger partial charge is 0.338 e. The summed E-state index contributed by atoms with van der Waals surface area (Å²) in [5, 5.41) is 9.90. The molecule has 0 aliphatic heterocycles. The number of aliphatic hydroxyl groups excluding tert-OH is 1. The van der Waals surface area contributed by atoms with Gasteiger partial charge < -0.3 is 9.84 Å². The molecule has 3 nitrogen and oxygen atoms in total. The Morgan fingerprint density at radius 2 is 1.76 bits per heavy atom. The number of esters is 1. The van der Waals surface area contributed by atoms with E-state index in [4.69, 9.17) is 4.74 Å². The molecule has 0 radical (unpaired) electrons. The number of rotatable bonds is 4. The molecule has 3 fully saturated rings. The maximum Gasteiger partial charge on any atom is 0.338 e. The fraction of sp³-hybridized carbons (Fsp3) is 0.710. The largest absolute Gasteiger partial charge is 0.458 e. The molecule has 3 heteroatoms. The summed E-state index contributed by atoms with van der Waals surface area (Å²) in [6.45, 7) is 12.3. The third kappa shape index (κ3) is 3.52. The highest BCUT2D eigenvalue weighted by Gasteiger charge is 2.61. The minimum Gasteiger partial charge on any atom is -0.458 e. The average molecular weight is 465 g/mol. The lowest BCUT2D eigenvalue weighted by atomic mass is 9.44. The molecule has 1 aromatic rings. The molecule has 8 atom stereocenters. The highest BCUT2D eigenvalue weighted by atomic mass is 16.5. The first kappa shape index (κ1) is 24.1. The van der Waals surface area contributed by atoms with Gasteiger partial charge in [-0.05, 0) is 97.5 Å². The number of ether oxygens (including phenoxy) is 1. The van der Waals surface area contributed by atoms with Crippen molar-refractivity contribution in [1.29, 1.82) is 0 Å². The van der Waals surface area contributed by atoms with Gasteiger partial charge >= 0.3 is 5.97 Å². The molecule has 0 aromatic heterocycles. The van der Waals surface area contributed by atoms with Crippen LogP contribution in [-0.2, 0) is 4.74 Å². The summed E-state index contributed by atoms with van der Waals surface area (Å²) in [5.74, 6) is 3.12. The van der Waals surface area contributed by atoms with Crippen molar-refractivity contribution in [3.05, 3.63) is 47.5 Å². The van der Waals surface area contributed by atoms with Crippen LogP contribution >= 0.6 is 0 Å². The quantitative estimate of drug-likeness (QED) is 0.383. The third-order valence-corrected chi connectivity index (χ3v) is 11.2. The molecule has 0 heterocycles. The number of allylic oxidation sites excluding steroid dienone is 1. The summed E-state index contributed by atoms with van der Waals surface area (Å²) in [5.41, 5.74) is 2.61. The van der Waals surface area contributed by atoms with Gasteiger partial charge in [-0.25, -0.2) is 4.79 Å². The van der Waals surface area contributed by atoms with Crippen molar-refractivity contribution in [2.75, 3.05) is 6.61 Å². The Hall–Kier alpha value is -1.61. The molecule has 186 valence electrons. The predicted octanol–water partition coefficient (Wildman–Crippen LogP) is 7.06. The number of carbonyl (C=O) groups is 1. The third-order valence-electron chi connectivity index (χ3n) is 11.2. The standard InChI is InChI=1S/C31H44O3/c1-20(19-32)23-12-13-24-22-11-14-26-29(2,3)27(34-28(33)21-9-7-6-8-10-21)16-18-31(26,5)25(22)15-17-30(23,24)4/h6-10,14,20,22-25,27,32H,11-13,15-19H2,1-5H3/t20-,22+,23-,24+,25+,27+,30-,31-/m1/s1. The molecule has 34 heavy (non-hydrogen) atoms. The second-order valence-electron chi connectivity index (χ2n) is 13.1. The van der Waals surface area contributed by atoms with Gasteiger partial charge in [0.15, 0.2) is 0 Å². The van der Waals surface area contributed by atoms with Crippen LogP contribution in [0.25, 0.3) is 0 Å². The summed E-state index contributed by atoms with van der Waals surface area (Å²) in [7, 11) is 0. The topological polar surface area (TPSA) is 46.5 Å². The Bertz CT molecular complexity index is 949. The zero-order chi connectivity index (χ0) is 24.3. The van der Waals surface area contributed by atoms with Gasteiger partial charge in [0.2, 0.25) is 0 Å². The molecule has 1 N–H and O–H groups in total. The molecule has 1 aromatic carbocycles. The number of hydrogen-bond acceptors (Lipinski definition) is 3. The van der Waals surface area contributed by atoms with Crippen LogP contribution in [0, 0.1) is 45.8 Å². The van der Waals surface area contributed by atoms with E-state index in [1.165, 1.54) is 32.1 Å². The van der Waals surface area contributed by atoms with Crippen molar-refractivity contribution in [3.63, 3.8) is 0 Å². The maximum absolute atomic E-state index is 12.9. The lowest BCUT2D eigenvalue weighted by Crippen LogP contribution is -2.55. The normalized spacial score (nSPS) is 41.5. The first-order valence-corrected chi connectivity index (χ1v) is 13.7. The Labute approximate surface area is 206 Å². The van der Waals surface area contributed by atoms with Gasteiger partial charge in [0.1, 0.15) is 6.10 Å². The van der Waals surface area contributed by atoms with E-state index >= 15 is 0 Å². The van der Waals surface area contributed by atoms with Crippen LogP contribution in [0.3, 0.4) is 0 Å². The zero-order valence-corrected chi connectivity index (χ0v) is 21.8. The van der Waals surface area contributed by atoms with Crippen molar-refractivity contribution in [2.45, 2.75) is 85.7 Å². The second kappa shape index (κ2) is 8.50. The minimum atomic E-state index is -0.194. The van der Waals surface area contributed by atoms with Crippen molar-refractivity contribution < 1.29 is 14.6 Å². The van der Waals surface area contributed by atoms with Gasteiger partial charge in [0.05, 0.1) is 5.56 Å². The van der Waals surface area contributed by atoms with Crippen molar-refractivity contribution >= 4 is 5.97 Å². The van der Waals surface area contributed by atoms with E-state index < -0.39 is 0 Å². The fourth-order valence-corrected chi connectivity index (χ4v) is 9.46. The lowest BCUT2D eigenvalue weighted by molar-refractivity contribution is -0.0839.